The van der Waals surface area contributed by atoms with Crippen LogP contribution in [0.3, 0.4) is 0 Å². The van der Waals surface area contributed by atoms with Gasteiger partial charge in [-0.05, 0) is 12.1 Å². The highest BCUT2D eigenvalue weighted by Gasteiger charge is 2.29. The zero-order valence-corrected chi connectivity index (χ0v) is 15.7. The predicted octanol–water partition coefficient (Wildman–Crippen LogP) is 1.77. The van der Waals surface area contributed by atoms with Crippen LogP contribution in [0.5, 0.6) is 11.5 Å². The number of nitrogens with one attached hydrogen (secondary N) is 2. The van der Waals surface area contributed by atoms with Crippen LogP contribution in [0.25, 0.3) is 0 Å². The monoisotopic (exact) mass is 389 g/mol. The standard InChI is InChI=1S/C18H19N3O5S/c1-25-13-9-12(10-14(11-13)26-2)20-17(22)7-8-19-18-15-5-3-4-6-16(15)27(23,24)21-18/h3-6,9-11H,7-8H2,1-2H3,(H,19,21)(H,20,22). The third kappa shape index (κ3) is 4.20. The Morgan fingerprint density at radius 2 is 1.78 bits per heavy atom. The summed E-state index contributed by atoms with van der Waals surface area (Å²) in [6.07, 6.45) is 0.0902. The number of fused-ring (bicyclic) bond motifs is 1. The van der Waals surface area contributed by atoms with Crippen molar-refractivity contribution in [2.75, 3.05) is 26.1 Å². The molecular weight excluding hydrogens is 370 g/mol. The van der Waals surface area contributed by atoms with Crippen LogP contribution < -0.4 is 19.5 Å². The van der Waals surface area contributed by atoms with E-state index in [0.717, 1.165) is 0 Å². The topological polar surface area (TPSA) is 106 Å². The van der Waals surface area contributed by atoms with Gasteiger partial charge in [0.1, 0.15) is 17.3 Å². The third-order valence-corrected chi connectivity index (χ3v) is 5.30. The number of benzene rings is 2. The van der Waals surface area contributed by atoms with E-state index in [1.807, 2.05) is 0 Å². The van der Waals surface area contributed by atoms with E-state index in [-0.39, 0.29) is 29.6 Å². The van der Waals surface area contributed by atoms with E-state index in [9.17, 15) is 13.2 Å². The fraction of sp³-hybridized carbons (Fsp3) is 0.222. The molecule has 0 spiro atoms. The van der Waals surface area contributed by atoms with E-state index in [1.165, 1.54) is 20.3 Å². The number of hydrogen-bond donors (Lipinski definition) is 2. The molecule has 2 aromatic carbocycles. The molecule has 0 saturated heterocycles. The molecule has 27 heavy (non-hydrogen) atoms. The molecule has 1 aliphatic heterocycles. The van der Waals surface area contributed by atoms with Gasteiger partial charge in [0.2, 0.25) is 5.91 Å². The fourth-order valence-electron chi connectivity index (χ4n) is 2.62. The van der Waals surface area contributed by atoms with E-state index in [2.05, 4.69) is 15.0 Å². The van der Waals surface area contributed by atoms with Crippen molar-refractivity contribution >= 4 is 27.5 Å². The van der Waals surface area contributed by atoms with Gasteiger partial charge in [-0.3, -0.25) is 14.5 Å². The lowest BCUT2D eigenvalue weighted by molar-refractivity contribution is -0.116. The summed E-state index contributed by atoms with van der Waals surface area (Å²) in [6, 6.07) is 11.6. The van der Waals surface area contributed by atoms with Crippen LogP contribution in [-0.2, 0) is 14.8 Å². The number of anilines is 1. The summed E-state index contributed by atoms with van der Waals surface area (Å²) < 4.78 is 36.8. The molecule has 0 unspecified atom stereocenters. The van der Waals surface area contributed by atoms with Crippen molar-refractivity contribution in [3.05, 3.63) is 48.0 Å². The van der Waals surface area contributed by atoms with E-state index in [4.69, 9.17) is 9.47 Å². The normalized spacial score (nSPS) is 15.7. The van der Waals surface area contributed by atoms with Gasteiger partial charge in [-0.15, -0.1) is 0 Å². The van der Waals surface area contributed by atoms with Gasteiger partial charge >= 0.3 is 0 Å². The first-order valence-corrected chi connectivity index (χ1v) is 9.61. The molecule has 2 N–H and O–H groups in total. The highest BCUT2D eigenvalue weighted by atomic mass is 32.2. The summed E-state index contributed by atoms with van der Waals surface area (Å²) in [5.41, 5.74) is 1.05. The first-order chi connectivity index (χ1) is 12.9. The van der Waals surface area contributed by atoms with E-state index < -0.39 is 10.0 Å². The van der Waals surface area contributed by atoms with Crippen LogP contribution in [-0.4, -0.2) is 40.9 Å². The molecule has 0 aliphatic carbocycles. The quantitative estimate of drug-likeness (QED) is 0.783. The number of amidine groups is 1. The van der Waals surface area contributed by atoms with Crippen molar-refractivity contribution in [1.29, 1.82) is 0 Å². The highest BCUT2D eigenvalue weighted by molar-refractivity contribution is 7.90. The number of carbonyl (C=O) groups excluding carboxylic acids is 1. The average molecular weight is 389 g/mol. The Hall–Kier alpha value is -3.07. The van der Waals surface area contributed by atoms with Gasteiger partial charge in [0.15, 0.2) is 0 Å². The van der Waals surface area contributed by atoms with Crippen LogP contribution in [0.15, 0.2) is 52.4 Å². The number of rotatable bonds is 6. The number of methoxy groups -OCH3 is 2. The number of carbonyl (C=O) groups is 1. The number of aliphatic imine (C=N–C) groups is 1. The Morgan fingerprint density at radius 3 is 2.44 bits per heavy atom. The second kappa shape index (κ2) is 7.67. The summed E-state index contributed by atoms with van der Waals surface area (Å²) in [5.74, 6) is 1.11. The summed E-state index contributed by atoms with van der Waals surface area (Å²) in [4.78, 5) is 16.6. The molecule has 142 valence electrons. The number of nitrogens with zero attached hydrogens (tertiary/aromatic N) is 1. The molecule has 0 atom stereocenters. The minimum Gasteiger partial charge on any atom is -0.497 e. The number of amides is 1. The molecule has 9 heteroatoms. The lowest BCUT2D eigenvalue weighted by Crippen LogP contribution is -2.23. The smallest absolute Gasteiger partial charge is 0.263 e. The van der Waals surface area contributed by atoms with Gasteiger partial charge in [0, 0.05) is 35.9 Å². The van der Waals surface area contributed by atoms with Crippen LogP contribution in [0.1, 0.15) is 12.0 Å². The maximum absolute atomic E-state index is 12.2. The van der Waals surface area contributed by atoms with Gasteiger partial charge < -0.3 is 14.8 Å². The second-order valence-corrected chi connectivity index (χ2v) is 7.38. The van der Waals surface area contributed by atoms with Crippen molar-refractivity contribution < 1.29 is 22.7 Å². The second-order valence-electron chi connectivity index (χ2n) is 5.73. The van der Waals surface area contributed by atoms with E-state index in [0.29, 0.717) is 22.7 Å². The Bertz CT molecular complexity index is 980. The molecule has 1 aliphatic rings. The summed E-state index contributed by atoms with van der Waals surface area (Å²) in [6.45, 7) is 0.138. The van der Waals surface area contributed by atoms with E-state index in [1.54, 1.807) is 36.4 Å². The number of ether oxygens (including phenoxy) is 2. The lowest BCUT2D eigenvalue weighted by atomic mass is 10.2. The Labute approximate surface area is 157 Å². The first-order valence-electron chi connectivity index (χ1n) is 8.12. The molecule has 0 aromatic heterocycles. The molecule has 1 heterocycles. The molecule has 0 fully saturated rings. The fourth-order valence-corrected chi connectivity index (χ4v) is 3.87. The number of hydrogen-bond acceptors (Lipinski definition) is 6. The molecule has 0 saturated carbocycles. The van der Waals surface area contributed by atoms with Crippen molar-refractivity contribution in [1.82, 2.24) is 4.72 Å². The minimum atomic E-state index is -3.58. The Balaban J connectivity index is 1.65. The summed E-state index contributed by atoms with van der Waals surface area (Å²) in [7, 11) is -0.529. The molecule has 1 amide bonds. The maximum atomic E-state index is 12.2. The van der Waals surface area contributed by atoms with Crippen molar-refractivity contribution in [2.45, 2.75) is 11.3 Å². The van der Waals surface area contributed by atoms with Crippen LogP contribution in [0, 0.1) is 0 Å². The molecule has 2 aromatic rings. The van der Waals surface area contributed by atoms with Crippen molar-refractivity contribution in [2.24, 2.45) is 4.99 Å². The minimum absolute atomic E-state index is 0.0902. The SMILES string of the molecule is COc1cc(NC(=O)CCN=C2NS(=O)(=O)c3ccccc32)cc(OC)c1. The highest BCUT2D eigenvalue weighted by Crippen LogP contribution is 2.26. The summed E-state index contributed by atoms with van der Waals surface area (Å²) in [5, 5.41) is 2.75. The average Bonchev–Trinajstić information content (AvgIpc) is 2.92. The molecule has 3 rings (SSSR count). The van der Waals surface area contributed by atoms with Gasteiger partial charge in [0.25, 0.3) is 10.0 Å². The van der Waals surface area contributed by atoms with Crippen LogP contribution in [0.2, 0.25) is 0 Å². The van der Waals surface area contributed by atoms with E-state index >= 15 is 0 Å². The van der Waals surface area contributed by atoms with Crippen LogP contribution in [0.4, 0.5) is 5.69 Å². The Morgan fingerprint density at radius 1 is 1.11 bits per heavy atom. The van der Waals surface area contributed by atoms with Gasteiger partial charge in [-0.1, -0.05) is 12.1 Å². The van der Waals surface area contributed by atoms with Crippen molar-refractivity contribution in [3.8, 4) is 11.5 Å². The van der Waals surface area contributed by atoms with Crippen molar-refractivity contribution in [3.63, 3.8) is 0 Å². The molecule has 0 radical (unpaired) electrons. The largest absolute Gasteiger partial charge is 0.497 e. The first kappa shape index (κ1) is 18.7. The molecule has 0 bridgehead atoms. The zero-order valence-electron chi connectivity index (χ0n) is 14.9. The van der Waals surface area contributed by atoms with Gasteiger partial charge in [-0.25, -0.2) is 8.42 Å². The summed E-state index contributed by atoms with van der Waals surface area (Å²) >= 11 is 0. The third-order valence-electron chi connectivity index (χ3n) is 3.91. The number of sulfonamides is 1. The van der Waals surface area contributed by atoms with Gasteiger partial charge in [0.05, 0.1) is 25.7 Å². The zero-order chi connectivity index (χ0) is 19.4. The Kier molecular flexibility index (Phi) is 5.31. The lowest BCUT2D eigenvalue weighted by Gasteiger charge is -2.09. The van der Waals surface area contributed by atoms with Crippen LogP contribution >= 0.6 is 0 Å². The predicted molar refractivity (Wildman–Crippen MR) is 101 cm³/mol. The maximum Gasteiger partial charge on any atom is 0.263 e. The van der Waals surface area contributed by atoms with Gasteiger partial charge in [-0.2, -0.15) is 0 Å². The molecule has 8 nitrogen and oxygen atoms in total. The molecular formula is C18H19N3O5S.